The summed E-state index contributed by atoms with van der Waals surface area (Å²) < 4.78 is 0. The molecule has 3 rings (SSSR count). The number of amides is 1. The fraction of sp³-hybridized carbons (Fsp3) is 0.450. The summed E-state index contributed by atoms with van der Waals surface area (Å²) in [5.41, 5.74) is 2.71. The third kappa shape index (κ3) is 3.81. The molecule has 2 heterocycles. The van der Waals surface area contributed by atoms with Gasteiger partial charge in [0.2, 0.25) is 0 Å². The first-order chi connectivity index (χ1) is 12.1. The summed E-state index contributed by atoms with van der Waals surface area (Å²) in [5.74, 6) is 1.41. The van der Waals surface area contributed by atoms with Gasteiger partial charge in [-0.2, -0.15) is 0 Å². The molecule has 1 aromatic heterocycles. The molecule has 0 atom stereocenters. The van der Waals surface area contributed by atoms with Crippen molar-refractivity contribution in [1.82, 2.24) is 9.97 Å². The first-order valence-corrected chi connectivity index (χ1v) is 9.06. The molecular weight excluding hydrogens is 312 g/mol. The standard InChI is InChI=1S/C20H26N4O/c1-4-5-12-23(3)19-14-17(21-15(2)22-19)20(25)24-13-8-10-16-9-6-7-11-18(16)24/h6-7,9,11,14H,4-5,8,10,12-13H2,1-3H3. The van der Waals surface area contributed by atoms with E-state index in [2.05, 4.69) is 27.9 Å². The lowest BCUT2D eigenvalue weighted by Gasteiger charge is -2.29. The molecule has 5 heteroatoms. The highest BCUT2D eigenvalue weighted by Gasteiger charge is 2.25. The minimum atomic E-state index is -0.0391. The molecule has 1 aromatic carbocycles. The highest BCUT2D eigenvalue weighted by molar-refractivity contribution is 6.05. The number of hydrogen-bond donors (Lipinski definition) is 0. The smallest absolute Gasteiger partial charge is 0.277 e. The van der Waals surface area contributed by atoms with Gasteiger partial charge < -0.3 is 9.80 Å². The zero-order valence-electron chi connectivity index (χ0n) is 15.3. The molecule has 0 N–H and O–H groups in total. The summed E-state index contributed by atoms with van der Waals surface area (Å²) in [7, 11) is 2.02. The van der Waals surface area contributed by atoms with Crippen LogP contribution in [0.15, 0.2) is 30.3 Å². The molecule has 0 spiro atoms. The van der Waals surface area contributed by atoms with Crippen LogP contribution in [0.4, 0.5) is 11.5 Å². The van der Waals surface area contributed by atoms with Gasteiger partial charge in [-0.25, -0.2) is 9.97 Å². The highest BCUT2D eigenvalue weighted by Crippen LogP contribution is 2.28. The van der Waals surface area contributed by atoms with Crippen molar-refractivity contribution in [3.05, 3.63) is 47.4 Å². The summed E-state index contributed by atoms with van der Waals surface area (Å²) in [4.78, 5) is 26.0. The number of carbonyl (C=O) groups excluding carboxylic acids is 1. The third-order valence-corrected chi connectivity index (χ3v) is 4.64. The lowest BCUT2D eigenvalue weighted by Crippen LogP contribution is -2.36. The van der Waals surface area contributed by atoms with Gasteiger partial charge in [0.15, 0.2) is 0 Å². The minimum absolute atomic E-state index is 0.0391. The van der Waals surface area contributed by atoms with Gasteiger partial charge in [-0.05, 0) is 37.8 Å². The van der Waals surface area contributed by atoms with E-state index in [0.29, 0.717) is 11.5 Å². The van der Waals surface area contributed by atoms with E-state index in [4.69, 9.17) is 0 Å². The van der Waals surface area contributed by atoms with E-state index in [0.717, 1.165) is 50.3 Å². The molecule has 25 heavy (non-hydrogen) atoms. The number of carbonyl (C=O) groups is 1. The van der Waals surface area contributed by atoms with Crippen LogP contribution in [0.2, 0.25) is 0 Å². The van der Waals surface area contributed by atoms with Crippen molar-refractivity contribution in [3.8, 4) is 0 Å². The monoisotopic (exact) mass is 338 g/mol. The molecule has 0 fully saturated rings. The zero-order valence-corrected chi connectivity index (χ0v) is 15.3. The molecule has 0 radical (unpaired) electrons. The Balaban J connectivity index is 1.89. The second-order valence-corrected chi connectivity index (χ2v) is 6.62. The van der Waals surface area contributed by atoms with Gasteiger partial charge in [0, 0.05) is 31.9 Å². The number of nitrogens with zero attached hydrogens (tertiary/aromatic N) is 4. The van der Waals surface area contributed by atoms with Crippen molar-refractivity contribution >= 4 is 17.4 Å². The molecule has 1 aliphatic heterocycles. The largest absolute Gasteiger partial charge is 0.360 e. The lowest BCUT2D eigenvalue weighted by atomic mass is 10.0. The lowest BCUT2D eigenvalue weighted by molar-refractivity contribution is 0.0980. The van der Waals surface area contributed by atoms with Gasteiger partial charge in [-0.1, -0.05) is 31.5 Å². The van der Waals surface area contributed by atoms with Crippen molar-refractivity contribution in [3.63, 3.8) is 0 Å². The predicted octanol–water partition coefficient (Wildman–Crippen LogP) is 3.61. The van der Waals surface area contributed by atoms with Crippen molar-refractivity contribution in [2.24, 2.45) is 0 Å². The number of unbranched alkanes of at least 4 members (excludes halogenated alkanes) is 1. The summed E-state index contributed by atoms with van der Waals surface area (Å²) in [6.45, 7) is 5.67. The third-order valence-electron chi connectivity index (χ3n) is 4.64. The Bertz CT molecular complexity index is 759. The fourth-order valence-electron chi connectivity index (χ4n) is 3.25. The summed E-state index contributed by atoms with van der Waals surface area (Å²) in [6, 6.07) is 9.96. The molecule has 1 aliphatic rings. The quantitative estimate of drug-likeness (QED) is 0.835. The Morgan fingerprint density at radius 1 is 1.28 bits per heavy atom. The Hall–Kier alpha value is -2.43. The highest BCUT2D eigenvalue weighted by atomic mass is 16.2. The number of fused-ring (bicyclic) bond motifs is 1. The van der Waals surface area contributed by atoms with Gasteiger partial charge in [0.1, 0.15) is 17.3 Å². The van der Waals surface area contributed by atoms with Crippen LogP contribution in [-0.4, -0.2) is 36.0 Å². The summed E-state index contributed by atoms with van der Waals surface area (Å²) in [6.07, 6.45) is 4.23. The Morgan fingerprint density at radius 2 is 2.08 bits per heavy atom. The average molecular weight is 338 g/mol. The number of aryl methyl sites for hydroxylation is 2. The minimum Gasteiger partial charge on any atom is -0.360 e. The van der Waals surface area contributed by atoms with Crippen LogP contribution in [0.3, 0.4) is 0 Å². The molecule has 2 aromatic rings. The number of para-hydroxylation sites is 1. The van der Waals surface area contributed by atoms with Crippen LogP contribution >= 0.6 is 0 Å². The maximum absolute atomic E-state index is 13.1. The van der Waals surface area contributed by atoms with Crippen LogP contribution in [0.1, 0.15) is 48.1 Å². The second-order valence-electron chi connectivity index (χ2n) is 6.62. The van der Waals surface area contributed by atoms with Crippen molar-refractivity contribution < 1.29 is 4.79 Å². The molecular formula is C20H26N4O. The SMILES string of the molecule is CCCCN(C)c1cc(C(=O)N2CCCc3ccccc32)nc(C)n1. The van der Waals surface area contributed by atoms with Gasteiger partial charge in [0.05, 0.1) is 0 Å². The van der Waals surface area contributed by atoms with E-state index in [1.54, 1.807) is 0 Å². The number of rotatable bonds is 5. The van der Waals surface area contributed by atoms with Crippen LogP contribution in [0.5, 0.6) is 0 Å². The normalized spacial score (nSPS) is 13.5. The first-order valence-electron chi connectivity index (χ1n) is 9.06. The van der Waals surface area contributed by atoms with Gasteiger partial charge in [-0.15, -0.1) is 0 Å². The van der Waals surface area contributed by atoms with E-state index >= 15 is 0 Å². The van der Waals surface area contributed by atoms with Gasteiger partial charge >= 0.3 is 0 Å². The summed E-state index contributed by atoms with van der Waals surface area (Å²) in [5, 5.41) is 0. The number of aromatic nitrogens is 2. The molecule has 0 unspecified atom stereocenters. The number of benzene rings is 1. The van der Waals surface area contributed by atoms with Crippen LogP contribution in [-0.2, 0) is 6.42 Å². The topological polar surface area (TPSA) is 49.3 Å². The first kappa shape index (κ1) is 17.4. The number of hydrogen-bond acceptors (Lipinski definition) is 4. The molecule has 132 valence electrons. The maximum Gasteiger partial charge on any atom is 0.277 e. The molecule has 1 amide bonds. The van der Waals surface area contributed by atoms with Crippen LogP contribution in [0, 0.1) is 6.92 Å². The molecule has 5 nitrogen and oxygen atoms in total. The van der Waals surface area contributed by atoms with Crippen LogP contribution in [0.25, 0.3) is 0 Å². The summed E-state index contributed by atoms with van der Waals surface area (Å²) >= 11 is 0. The van der Waals surface area contributed by atoms with Gasteiger partial charge in [0.25, 0.3) is 5.91 Å². The van der Waals surface area contributed by atoms with E-state index < -0.39 is 0 Å². The van der Waals surface area contributed by atoms with E-state index in [1.807, 2.05) is 43.1 Å². The molecule has 0 saturated carbocycles. The zero-order chi connectivity index (χ0) is 17.8. The molecule has 0 bridgehead atoms. The van der Waals surface area contributed by atoms with Gasteiger partial charge in [-0.3, -0.25) is 4.79 Å². The Kier molecular flexibility index (Phi) is 5.31. The fourth-order valence-corrected chi connectivity index (χ4v) is 3.25. The maximum atomic E-state index is 13.1. The number of anilines is 2. The second kappa shape index (κ2) is 7.64. The van der Waals surface area contributed by atoms with Crippen LogP contribution < -0.4 is 9.80 Å². The Labute approximate surface area is 149 Å². The van der Waals surface area contributed by atoms with E-state index in [-0.39, 0.29) is 5.91 Å². The van der Waals surface area contributed by atoms with E-state index in [1.165, 1.54) is 5.56 Å². The predicted molar refractivity (Wildman–Crippen MR) is 101 cm³/mol. The molecule has 0 aliphatic carbocycles. The van der Waals surface area contributed by atoms with E-state index in [9.17, 15) is 4.79 Å². The molecule has 0 saturated heterocycles. The Morgan fingerprint density at radius 3 is 2.88 bits per heavy atom. The van der Waals surface area contributed by atoms with Crippen molar-refractivity contribution in [2.75, 3.05) is 29.9 Å². The van der Waals surface area contributed by atoms with Crippen molar-refractivity contribution in [1.29, 1.82) is 0 Å². The van der Waals surface area contributed by atoms with Crippen molar-refractivity contribution in [2.45, 2.75) is 39.5 Å². The average Bonchev–Trinajstić information content (AvgIpc) is 2.64.